The van der Waals surface area contributed by atoms with Crippen molar-refractivity contribution in [2.24, 2.45) is 0 Å². The number of halogens is 1. The first kappa shape index (κ1) is 11.9. The molecule has 1 fully saturated rings. The predicted molar refractivity (Wildman–Crippen MR) is 65.3 cm³/mol. The number of nitrogen functional groups attached to an aromatic ring is 1. The van der Waals surface area contributed by atoms with Crippen molar-refractivity contribution < 1.29 is 9.18 Å². The highest BCUT2D eigenvalue weighted by atomic mass is 19.1. The predicted octanol–water partition coefficient (Wildman–Crippen LogP) is 1.07. The number of carbonyl (C=O) groups excluding carboxylic acids is 1. The Morgan fingerprint density at radius 2 is 2.12 bits per heavy atom. The van der Waals surface area contributed by atoms with Gasteiger partial charge in [-0.05, 0) is 32.2 Å². The number of hydrogen-bond acceptors (Lipinski definition) is 3. The van der Waals surface area contributed by atoms with Gasteiger partial charge in [-0.3, -0.25) is 9.69 Å². The summed E-state index contributed by atoms with van der Waals surface area (Å²) in [5, 5.41) is 0. The fourth-order valence-corrected chi connectivity index (χ4v) is 1.96. The Morgan fingerprint density at radius 1 is 1.41 bits per heavy atom. The second kappa shape index (κ2) is 4.33. The monoisotopic (exact) mass is 237 g/mol. The maximum atomic E-state index is 13.7. The molecule has 1 aromatic rings. The smallest absolute Gasteiger partial charge is 0.244 e. The average molecular weight is 237 g/mol. The zero-order chi connectivity index (χ0) is 12.6. The molecule has 1 amide bonds. The van der Waals surface area contributed by atoms with E-state index in [2.05, 4.69) is 0 Å². The summed E-state index contributed by atoms with van der Waals surface area (Å²) >= 11 is 0. The molecule has 0 aromatic heterocycles. The van der Waals surface area contributed by atoms with Gasteiger partial charge in [0.1, 0.15) is 5.82 Å². The van der Waals surface area contributed by atoms with Crippen LogP contribution in [0.15, 0.2) is 18.2 Å². The van der Waals surface area contributed by atoms with E-state index in [1.165, 1.54) is 11.0 Å². The van der Waals surface area contributed by atoms with Crippen LogP contribution in [0.5, 0.6) is 0 Å². The van der Waals surface area contributed by atoms with Crippen molar-refractivity contribution >= 4 is 17.3 Å². The molecule has 4 nitrogen and oxygen atoms in total. The number of amides is 1. The number of piperazine rings is 1. The largest absolute Gasteiger partial charge is 0.399 e. The fourth-order valence-electron chi connectivity index (χ4n) is 1.96. The number of anilines is 2. The number of nitrogens with two attached hydrogens (primary N) is 1. The number of benzene rings is 1. The van der Waals surface area contributed by atoms with Gasteiger partial charge in [0.05, 0.1) is 11.7 Å². The lowest BCUT2D eigenvalue weighted by atomic mass is 10.1. The Hall–Kier alpha value is -1.62. The average Bonchev–Trinajstić information content (AvgIpc) is 2.28. The number of carbonyl (C=O) groups is 1. The van der Waals surface area contributed by atoms with Crippen molar-refractivity contribution in [1.82, 2.24) is 4.90 Å². The Balaban J connectivity index is 2.31. The number of rotatable bonds is 1. The molecule has 2 rings (SSSR count). The molecule has 1 saturated heterocycles. The van der Waals surface area contributed by atoms with E-state index in [1.54, 1.807) is 12.1 Å². The third-order valence-electron chi connectivity index (χ3n) is 3.22. The van der Waals surface area contributed by atoms with Gasteiger partial charge in [0, 0.05) is 18.8 Å². The van der Waals surface area contributed by atoms with Crippen molar-refractivity contribution in [3.05, 3.63) is 24.0 Å². The van der Waals surface area contributed by atoms with Gasteiger partial charge in [0.25, 0.3) is 0 Å². The van der Waals surface area contributed by atoms with E-state index in [0.717, 1.165) is 6.54 Å². The van der Waals surface area contributed by atoms with Gasteiger partial charge < -0.3 is 10.6 Å². The van der Waals surface area contributed by atoms with Crippen molar-refractivity contribution in [3.63, 3.8) is 0 Å². The van der Waals surface area contributed by atoms with Gasteiger partial charge >= 0.3 is 0 Å². The van der Waals surface area contributed by atoms with Crippen LogP contribution in [0.25, 0.3) is 0 Å². The normalized spacial score (nSPS) is 21.9. The maximum absolute atomic E-state index is 13.7. The molecule has 17 heavy (non-hydrogen) atoms. The van der Waals surface area contributed by atoms with Gasteiger partial charge in [-0.2, -0.15) is 0 Å². The first-order valence-electron chi connectivity index (χ1n) is 5.57. The van der Waals surface area contributed by atoms with E-state index in [-0.39, 0.29) is 11.9 Å². The summed E-state index contributed by atoms with van der Waals surface area (Å²) in [4.78, 5) is 15.5. The third kappa shape index (κ3) is 2.10. The highest BCUT2D eigenvalue weighted by Gasteiger charge is 2.31. The first-order chi connectivity index (χ1) is 8.00. The molecule has 1 unspecified atom stereocenters. The number of hydrogen-bond donors (Lipinski definition) is 1. The summed E-state index contributed by atoms with van der Waals surface area (Å²) in [5.74, 6) is -0.530. The van der Waals surface area contributed by atoms with Gasteiger partial charge in [-0.15, -0.1) is 0 Å². The Kier molecular flexibility index (Phi) is 3.02. The first-order valence-corrected chi connectivity index (χ1v) is 5.57. The molecule has 1 aliphatic rings. The molecule has 0 spiro atoms. The summed E-state index contributed by atoms with van der Waals surface area (Å²) < 4.78 is 13.7. The van der Waals surface area contributed by atoms with Crippen LogP contribution >= 0.6 is 0 Å². The van der Waals surface area contributed by atoms with Crippen LogP contribution in [0.4, 0.5) is 15.8 Å². The van der Waals surface area contributed by atoms with Crippen molar-refractivity contribution in [1.29, 1.82) is 0 Å². The molecule has 0 radical (unpaired) electrons. The quantitative estimate of drug-likeness (QED) is 0.743. The summed E-state index contributed by atoms with van der Waals surface area (Å²) in [6, 6.07) is 4.18. The number of nitrogens with zero attached hydrogens (tertiary/aromatic N) is 2. The Morgan fingerprint density at radius 3 is 2.76 bits per heavy atom. The van der Waals surface area contributed by atoms with Crippen LogP contribution < -0.4 is 10.6 Å². The molecular formula is C12H16FN3O. The molecule has 92 valence electrons. The topological polar surface area (TPSA) is 49.6 Å². The van der Waals surface area contributed by atoms with E-state index in [0.29, 0.717) is 17.9 Å². The van der Waals surface area contributed by atoms with Crippen molar-refractivity contribution in [3.8, 4) is 0 Å². The van der Waals surface area contributed by atoms with Crippen molar-refractivity contribution in [2.75, 3.05) is 30.8 Å². The summed E-state index contributed by atoms with van der Waals surface area (Å²) in [6.07, 6.45) is 0. The van der Waals surface area contributed by atoms with Crippen LogP contribution in [0, 0.1) is 5.82 Å². The summed E-state index contributed by atoms with van der Waals surface area (Å²) in [7, 11) is 1.89. The highest BCUT2D eigenvalue weighted by molar-refractivity contribution is 5.97. The van der Waals surface area contributed by atoms with Gasteiger partial charge in [-0.1, -0.05) is 0 Å². The second-order valence-electron chi connectivity index (χ2n) is 4.36. The molecule has 0 aliphatic carbocycles. The summed E-state index contributed by atoms with van der Waals surface area (Å²) in [6.45, 7) is 3.06. The van der Waals surface area contributed by atoms with Crippen LogP contribution in [-0.4, -0.2) is 37.0 Å². The van der Waals surface area contributed by atoms with E-state index in [9.17, 15) is 9.18 Å². The molecule has 1 aromatic carbocycles. The fraction of sp³-hybridized carbons (Fsp3) is 0.417. The lowest BCUT2D eigenvalue weighted by molar-refractivity contribution is -0.124. The minimum absolute atomic E-state index is 0.0811. The zero-order valence-electron chi connectivity index (χ0n) is 9.98. The number of likely N-dealkylation sites (N-methyl/N-ethyl adjacent to an activating group) is 1. The van der Waals surface area contributed by atoms with E-state index in [1.807, 2.05) is 18.9 Å². The van der Waals surface area contributed by atoms with E-state index in [4.69, 9.17) is 5.73 Å². The Labute approximate surface area is 99.8 Å². The zero-order valence-corrected chi connectivity index (χ0v) is 9.98. The van der Waals surface area contributed by atoms with Crippen LogP contribution in [-0.2, 0) is 4.79 Å². The molecule has 2 N–H and O–H groups in total. The lowest BCUT2D eigenvalue weighted by Crippen LogP contribution is -2.54. The minimum Gasteiger partial charge on any atom is -0.399 e. The molecular weight excluding hydrogens is 221 g/mol. The van der Waals surface area contributed by atoms with Gasteiger partial charge in [-0.25, -0.2) is 4.39 Å². The van der Waals surface area contributed by atoms with Crippen LogP contribution in [0.3, 0.4) is 0 Å². The molecule has 0 bridgehead atoms. The van der Waals surface area contributed by atoms with Crippen molar-refractivity contribution in [2.45, 2.75) is 13.0 Å². The standard InChI is InChI=1S/C12H16FN3O/c1-8-12(17)16(6-5-15(8)2)11-4-3-9(14)7-10(11)13/h3-4,7-8H,5-6,14H2,1-2H3. The van der Waals surface area contributed by atoms with E-state index < -0.39 is 5.82 Å². The maximum Gasteiger partial charge on any atom is 0.244 e. The lowest BCUT2D eigenvalue weighted by Gasteiger charge is -2.37. The third-order valence-corrected chi connectivity index (χ3v) is 3.22. The van der Waals surface area contributed by atoms with E-state index >= 15 is 0 Å². The van der Waals surface area contributed by atoms with Gasteiger partial charge in [0.2, 0.25) is 5.91 Å². The van der Waals surface area contributed by atoms with Crippen LogP contribution in [0.2, 0.25) is 0 Å². The SMILES string of the molecule is CC1C(=O)N(c2ccc(N)cc2F)CCN1C. The highest BCUT2D eigenvalue weighted by Crippen LogP contribution is 2.24. The molecule has 1 atom stereocenters. The van der Waals surface area contributed by atoms with Crippen LogP contribution in [0.1, 0.15) is 6.92 Å². The molecule has 1 aliphatic heterocycles. The summed E-state index contributed by atoms with van der Waals surface area (Å²) in [5.41, 5.74) is 6.16. The second-order valence-corrected chi connectivity index (χ2v) is 4.36. The Bertz CT molecular complexity index is 449. The minimum atomic E-state index is -0.449. The molecule has 5 heteroatoms. The van der Waals surface area contributed by atoms with Gasteiger partial charge in [0.15, 0.2) is 0 Å². The molecule has 1 heterocycles. The molecule has 0 saturated carbocycles.